The second-order valence-corrected chi connectivity index (χ2v) is 7.11. The first-order valence-electron chi connectivity index (χ1n) is 5.84. The summed E-state index contributed by atoms with van der Waals surface area (Å²) >= 11 is 0. The van der Waals surface area contributed by atoms with E-state index >= 15 is 0 Å². The van der Waals surface area contributed by atoms with Gasteiger partial charge < -0.3 is 15.6 Å². The van der Waals surface area contributed by atoms with E-state index in [-0.39, 0.29) is 0 Å². The molecule has 0 rings (SSSR count). The largest absolute Gasteiger partial charge is 0.480 e. The minimum Gasteiger partial charge on any atom is -0.480 e. The fraction of sp³-hybridized carbons (Fsp3) is 0.818. The van der Waals surface area contributed by atoms with Crippen molar-refractivity contribution in [1.82, 2.24) is 0 Å². The van der Waals surface area contributed by atoms with E-state index in [0.717, 1.165) is 13.8 Å². The van der Waals surface area contributed by atoms with Crippen LogP contribution in [0.4, 0.5) is 0 Å². The quantitative estimate of drug-likeness (QED) is 0.400. The van der Waals surface area contributed by atoms with Crippen LogP contribution in [0.15, 0.2) is 0 Å². The minimum atomic E-state index is -4.11. The lowest BCUT2D eigenvalue weighted by molar-refractivity contribution is -0.181. The number of rotatable bonds is 6. The van der Waals surface area contributed by atoms with Crippen LogP contribution in [-0.4, -0.2) is 43.0 Å². The van der Waals surface area contributed by atoms with Crippen molar-refractivity contribution in [2.45, 2.75) is 46.3 Å². The topological polar surface area (TPSA) is 133 Å². The number of hydrogen-bond acceptors (Lipinski definition) is 7. The van der Waals surface area contributed by atoms with Gasteiger partial charge in [0.15, 0.2) is 5.41 Å². The number of carboxylic acid groups (broad SMARTS) is 1. The van der Waals surface area contributed by atoms with Crippen LogP contribution in [0.1, 0.15) is 34.6 Å². The van der Waals surface area contributed by atoms with Gasteiger partial charge in [-0.05, 0) is 34.6 Å². The molecule has 2 unspecified atom stereocenters. The maximum atomic E-state index is 12.0. The first-order valence-corrected chi connectivity index (χ1v) is 7.42. The number of nitrogens with two attached hydrogens (primary N) is 1. The molecule has 3 N–H and O–H groups in total. The second-order valence-electron chi connectivity index (χ2n) is 5.47. The van der Waals surface area contributed by atoms with Gasteiger partial charge in [0.05, 0.1) is 0 Å². The summed E-state index contributed by atoms with van der Waals surface area (Å²) in [6.07, 6.45) is -1.47. The lowest BCUT2D eigenvalue weighted by atomic mass is 9.85. The second kappa shape index (κ2) is 6.06. The van der Waals surface area contributed by atoms with Crippen LogP contribution in [0, 0.1) is 5.41 Å². The maximum absolute atomic E-state index is 12.0. The summed E-state index contributed by atoms with van der Waals surface area (Å²) in [4.78, 5) is 23.4. The van der Waals surface area contributed by atoms with Gasteiger partial charge in [-0.2, -0.15) is 8.42 Å². The van der Waals surface area contributed by atoms with Gasteiger partial charge in [0.1, 0.15) is 17.6 Å². The average molecular weight is 311 g/mol. The Morgan fingerprint density at radius 3 is 2.00 bits per heavy atom. The molecule has 0 aromatic rings. The molecule has 20 heavy (non-hydrogen) atoms. The van der Waals surface area contributed by atoms with E-state index in [0.29, 0.717) is 0 Å². The van der Waals surface area contributed by atoms with Crippen molar-refractivity contribution in [2.24, 2.45) is 11.1 Å². The molecule has 0 heterocycles. The van der Waals surface area contributed by atoms with Crippen LogP contribution in [0.5, 0.6) is 0 Å². The Morgan fingerprint density at radius 1 is 1.25 bits per heavy atom. The van der Waals surface area contributed by atoms with E-state index < -0.39 is 45.1 Å². The Balaban J connectivity index is 5.41. The standard InChI is InChI=1S/C11H21NO7S/c1-7(19-20(16,17)6-12)11(5,8(13)14)9(15)18-10(2,3)4/h7H,6,12H2,1-5H3,(H,13,14). The summed E-state index contributed by atoms with van der Waals surface area (Å²) in [5.74, 6) is -3.45. The highest BCUT2D eigenvalue weighted by atomic mass is 32.2. The Kier molecular flexibility index (Phi) is 5.70. The predicted molar refractivity (Wildman–Crippen MR) is 70.1 cm³/mol. The van der Waals surface area contributed by atoms with E-state index in [1.165, 1.54) is 0 Å². The van der Waals surface area contributed by atoms with E-state index in [1.807, 2.05) is 0 Å². The number of aliphatic carboxylic acids is 1. The van der Waals surface area contributed by atoms with Crippen molar-refractivity contribution in [3.63, 3.8) is 0 Å². The fourth-order valence-electron chi connectivity index (χ4n) is 1.17. The van der Waals surface area contributed by atoms with Crippen LogP contribution < -0.4 is 5.73 Å². The monoisotopic (exact) mass is 311 g/mol. The van der Waals surface area contributed by atoms with Crippen LogP contribution in [0.3, 0.4) is 0 Å². The molecule has 0 amide bonds. The molecule has 8 nitrogen and oxygen atoms in total. The van der Waals surface area contributed by atoms with E-state index in [9.17, 15) is 23.1 Å². The van der Waals surface area contributed by atoms with Crippen LogP contribution in [-0.2, 0) is 28.6 Å². The summed E-state index contributed by atoms with van der Waals surface area (Å²) in [5.41, 5.74) is 1.89. The zero-order valence-corrected chi connectivity index (χ0v) is 13.0. The summed E-state index contributed by atoms with van der Waals surface area (Å²) in [6.45, 7) is 6.89. The maximum Gasteiger partial charge on any atom is 0.326 e. The highest BCUT2D eigenvalue weighted by molar-refractivity contribution is 7.86. The SMILES string of the molecule is CC(OS(=O)(=O)CN)C(C)(C(=O)O)C(=O)OC(C)(C)C. The van der Waals surface area contributed by atoms with Gasteiger partial charge in [-0.1, -0.05) is 0 Å². The first-order chi connectivity index (χ1) is 8.76. The fourth-order valence-corrected chi connectivity index (χ4v) is 1.88. The third-order valence-electron chi connectivity index (χ3n) is 2.58. The average Bonchev–Trinajstić information content (AvgIpc) is 2.24. The minimum absolute atomic E-state index is 0.818. The molecule has 2 atom stereocenters. The molecule has 0 saturated heterocycles. The normalized spacial score (nSPS) is 17.1. The van der Waals surface area contributed by atoms with Gasteiger partial charge in [0, 0.05) is 0 Å². The molecule has 0 aromatic heterocycles. The summed E-state index contributed by atoms with van der Waals surface area (Å²) in [5, 5.41) is 9.23. The molecule has 0 aliphatic heterocycles. The van der Waals surface area contributed by atoms with Crippen molar-refractivity contribution in [1.29, 1.82) is 0 Å². The Hall–Kier alpha value is -1.19. The molecular weight excluding hydrogens is 290 g/mol. The van der Waals surface area contributed by atoms with Crippen molar-refractivity contribution in [2.75, 3.05) is 5.88 Å². The zero-order valence-electron chi connectivity index (χ0n) is 12.2. The van der Waals surface area contributed by atoms with Crippen molar-refractivity contribution < 1.29 is 32.0 Å². The van der Waals surface area contributed by atoms with Gasteiger partial charge in [-0.3, -0.25) is 13.8 Å². The third-order valence-corrected chi connectivity index (χ3v) is 3.57. The van der Waals surface area contributed by atoms with Crippen LogP contribution >= 0.6 is 0 Å². The van der Waals surface area contributed by atoms with E-state index in [4.69, 9.17) is 10.5 Å². The van der Waals surface area contributed by atoms with Gasteiger partial charge in [-0.15, -0.1) is 0 Å². The van der Waals surface area contributed by atoms with Gasteiger partial charge in [-0.25, -0.2) is 0 Å². The lowest BCUT2D eigenvalue weighted by Crippen LogP contribution is -2.50. The van der Waals surface area contributed by atoms with E-state index in [1.54, 1.807) is 20.8 Å². The molecule has 0 aliphatic rings. The third kappa shape index (κ3) is 4.73. The Labute approximate surface area is 118 Å². The molecular formula is C11H21NO7S. The van der Waals surface area contributed by atoms with Gasteiger partial charge in [0.2, 0.25) is 0 Å². The van der Waals surface area contributed by atoms with Gasteiger partial charge in [0.25, 0.3) is 10.1 Å². The molecule has 0 aromatic carbocycles. The number of carbonyl (C=O) groups excluding carboxylic acids is 1. The highest BCUT2D eigenvalue weighted by Gasteiger charge is 2.51. The number of carbonyl (C=O) groups is 2. The number of carboxylic acids is 1. The predicted octanol–water partition coefficient (Wildman–Crippen LogP) is 0.0701. The van der Waals surface area contributed by atoms with Crippen LogP contribution in [0.2, 0.25) is 0 Å². The zero-order chi connectivity index (χ0) is 16.4. The molecule has 118 valence electrons. The molecule has 0 fully saturated rings. The van der Waals surface area contributed by atoms with Gasteiger partial charge >= 0.3 is 11.9 Å². The Bertz CT molecular complexity index is 479. The van der Waals surface area contributed by atoms with Crippen molar-refractivity contribution in [3.8, 4) is 0 Å². The molecule has 0 aliphatic carbocycles. The van der Waals surface area contributed by atoms with Crippen molar-refractivity contribution in [3.05, 3.63) is 0 Å². The van der Waals surface area contributed by atoms with Crippen LogP contribution in [0.25, 0.3) is 0 Å². The number of ether oxygens (including phenoxy) is 1. The Morgan fingerprint density at radius 2 is 1.70 bits per heavy atom. The molecule has 0 radical (unpaired) electrons. The highest BCUT2D eigenvalue weighted by Crippen LogP contribution is 2.29. The van der Waals surface area contributed by atoms with E-state index in [2.05, 4.69) is 4.18 Å². The molecule has 0 spiro atoms. The number of hydrogen-bond donors (Lipinski definition) is 2. The summed E-state index contributed by atoms with van der Waals surface area (Å²) in [7, 11) is -4.11. The number of esters is 1. The first kappa shape index (κ1) is 18.8. The smallest absolute Gasteiger partial charge is 0.326 e. The molecule has 0 saturated carbocycles. The summed E-state index contributed by atoms with van der Waals surface area (Å²) < 4.78 is 32.2. The molecule has 0 bridgehead atoms. The lowest BCUT2D eigenvalue weighted by Gasteiger charge is -2.31. The molecule has 9 heteroatoms. The van der Waals surface area contributed by atoms with Crippen molar-refractivity contribution >= 4 is 22.1 Å². The summed E-state index contributed by atoms with van der Waals surface area (Å²) in [6, 6.07) is 0.